The van der Waals surface area contributed by atoms with E-state index < -0.39 is 35.4 Å². The van der Waals surface area contributed by atoms with Crippen LogP contribution >= 0.6 is 0 Å². The number of carbonyl (C=O) groups is 2. The van der Waals surface area contributed by atoms with E-state index in [1.54, 1.807) is 6.92 Å². The van der Waals surface area contributed by atoms with Crippen molar-refractivity contribution in [2.45, 2.75) is 56.3 Å². The molecule has 2 aliphatic carbocycles. The SMILES string of the molecule is C[C@H](NC(=O)c1cc(OC(F)(F)F)cc(C2(C#N)CC2)c1)c1nc(C2CC2)nn1-c1cc(C(N)=O)ncn1. The van der Waals surface area contributed by atoms with Crippen molar-refractivity contribution in [2.24, 2.45) is 5.73 Å². The van der Waals surface area contributed by atoms with Crippen LogP contribution in [0.25, 0.3) is 5.82 Å². The number of carbonyl (C=O) groups excluding carboxylic acids is 2. The summed E-state index contributed by atoms with van der Waals surface area (Å²) in [6, 6.07) is 6.17. The maximum atomic E-state index is 13.2. The molecule has 1 aromatic carbocycles. The first-order valence-electron chi connectivity index (χ1n) is 11.7. The molecule has 5 rings (SSSR count). The van der Waals surface area contributed by atoms with Crippen LogP contribution in [0.1, 0.15) is 82.6 Å². The molecule has 0 radical (unpaired) electrons. The van der Waals surface area contributed by atoms with Crippen molar-refractivity contribution >= 4 is 11.8 Å². The van der Waals surface area contributed by atoms with Gasteiger partial charge in [0.25, 0.3) is 11.8 Å². The quantitative estimate of drug-likeness (QED) is 0.453. The summed E-state index contributed by atoms with van der Waals surface area (Å²) in [5.74, 6) is -0.883. The number of nitriles is 1. The second kappa shape index (κ2) is 9.09. The predicted molar refractivity (Wildman–Crippen MR) is 123 cm³/mol. The molecule has 2 heterocycles. The molecule has 0 spiro atoms. The third-order valence-electron chi connectivity index (χ3n) is 6.37. The number of amides is 2. The molecule has 38 heavy (non-hydrogen) atoms. The van der Waals surface area contributed by atoms with Gasteiger partial charge in [-0.2, -0.15) is 9.94 Å². The highest BCUT2D eigenvalue weighted by Gasteiger charge is 2.46. The molecule has 196 valence electrons. The highest BCUT2D eigenvalue weighted by Crippen LogP contribution is 2.48. The minimum Gasteiger partial charge on any atom is -0.406 e. The number of hydrogen-bond acceptors (Lipinski definition) is 8. The Morgan fingerprint density at radius 3 is 2.58 bits per heavy atom. The van der Waals surface area contributed by atoms with Gasteiger partial charge in [0.05, 0.1) is 17.5 Å². The summed E-state index contributed by atoms with van der Waals surface area (Å²) in [5, 5.41) is 16.7. The van der Waals surface area contributed by atoms with Crippen molar-refractivity contribution in [2.75, 3.05) is 0 Å². The summed E-state index contributed by atoms with van der Waals surface area (Å²) in [6.07, 6.45) is -1.09. The largest absolute Gasteiger partial charge is 0.573 e. The van der Waals surface area contributed by atoms with Crippen molar-refractivity contribution in [1.29, 1.82) is 5.26 Å². The average molecular weight is 526 g/mol. The monoisotopic (exact) mass is 526 g/mol. The van der Waals surface area contributed by atoms with Crippen LogP contribution in [0.2, 0.25) is 0 Å². The third kappa shape index (κ3) is 5.13. The van der Waals surface area contributed by atoms with Crippen molar-refractivity contribution in [3.8, 4) is 17.6 Å². The molecule has 2 saturated carbocycles. The van der Waals surface area contributed by atoms with Crippen molar-refractivity contribution in [3.63, 3.8) is 0 Å². The Labute approximate surface area is 213 Å². The molecule has 2 fully saturated rings. The molecular formula is C24H21F3N8O3. The van der Waals surface area contributed by atoms with Crippen LogP contribution < -0.4 is 15.8 Å². The first-order valence-corrected chi connectivity index (χ1v) is 11.7. The zero-order valence-electron chi connectivity index (χ0n) is 20.0. The molecule has 3 aromatic rings. The van der Waals surface area contributed by atoms with E-state index in [9.17, 15) is 28.0 Å². The Kier molecular flexibility index (Phi) is 6.01. The average Bonchev–Trinajstić information content (AvgIpc) is 3.80. The normalized spacial score (nSPS) is 16.8. The molecule has 2 amide bonds. The van der Waals surface area contributed by atoms with Crippen LogP contribution in [0, 0.1) is 11.3 Å². The van der Waals surface area contributed by atoms with Gasteiger partial charge in [-0.05, 0) is 56.4 Å². The summed E-state index contributed by atoms with van der Waals surface area (Å²) in [4.78, 5) is 37.3. The number of rotatable bonds is 8. The first kappa shape index (κ1) is 25.1. The maximum Gasteiger partial charge on any atom is 0.573 e. The van der Waals surface area contributed by atoms with Gasteiger partial charge in [-0.25, -0.2) is 15.0 Å². The van der Waals surface area contributed by atoms with E-state index in [1.807, 2.05) is 0 Å². The van der Waals surface area contributed by atoms with Gasteiger partial charge in [0.1, 0.15) is 17.8 Å². The second-order valence-electron chi connectivity index (χ2n) is 9.32. The van der Waals surface area contributed by atoms with Gasteiger partial charge >= 0.3 is 6.36 Å². The number of aromatic nitrogens is 5. The summed E-state index contributed by atoms with van der Waals surface area (Å²) in [6.45, 7) is 1.62. The lowest BCUT2D eigenvalue weighted by molar-refractivity contribution is -0.274. The van der Waals surface area contributed by atoms with Crippen LogP contribution in [0.3, 0.4) is 0 Å². The van der Waals surface area contributed by atoms with Gasteiger partial charge in [-0.3, -0.25) is 9.59 Å². The Morgan fingerprint density at radius 2 is 1.97 bits per heavy atom. The number of halogens is 3. The third-order valence-corrected chi connectivity index (χ3v) is 6.37. The smallest absolute Gasteiger partial charge is 0.406 e. The highest BCUT2D eigenvalue weighted by molar-refractivity contribution is 5.95. The van der Waals surface area contributed by atoms with Gasteiger partial charge in [-0.1, -0.05) is 0 Å². The van der Waals surface area contributed by atoms with Crippen molar-refractivity contribution in [1.82, 2.24) is 30.0 Å². The Morgan fingerprint density at radius 1 is 1.24 bits per heavy atom. The van der Waals surface area contributed by atoms with Crippen LogP contribution in [0.15, 0.2) is 30.6 Å². The van der Waals surface area contributed by atoms with Crippen LogP contribution in [0.5, 0.6) is 5.75 Å². The lowest BCUT2D eigenvalue weighted by atomic mass is 9.95. The van der Waals surface area contributed by atoms with Crippen molar-refractivity contribution in [3.05, 3.63) is 59.1 Å². The van der Waals surface area contributed by atoms with E-state index in [0.717, 1.165) is 31.3 Å². The van der Waals surface area contributed by atoms with Gasteiger partial charge < -0.3 is 15.8 Å². The molecule has 2 aliphatic rings. The lowest BCUT2D eigenvalue weighted by Crippen LogP contribution is -2.29. The van der Waals surface area contributed by atoms with Gasteiger partial charge in [0, 0.05) is 17.5 Å². The lowest BCUT2D eigenvalue weighted by Gasteiger charge is -2.17. The fraction of sp³-hybridized carbons (Fsp3) is 0.375. The molecule has 0 aliphatic heterocycles. The van der Waals surface area contributed by atoms with E-state index in [2.05, 4.69) is 36.2 Å². The van der Waals surface area contributed by atoms with Crippen LogP contribution in [-0.4, -0.2) is 42.9 Å². The molecule has 0 saturated heterocycles. The summed E-state index contributed by atoms with van der Waals surface area (Å²) < 4.78 is 44.3. The fourth-order valence-electron chi connectivity index (χ4n) is 4.04. The second-order valence-corrected chi connectivity index (χ2v) is 9.32. The standard InChI is InChI=1S/C24H21F3N8O3/c1-12(21-33-20(13-2-3-13)34-35(21)18-9-17(19(29)36)30-11-31-18)32-22(37)14-6-15(23(10-28)4-5-23)8-16(7-14)38-24(25,26)27/h6-9,11-13H,2-5H2,1H3,(H2,29,36)(H,32,37)/t12-/m0/s1. The number of ether oxygens (including phenoxy) is 1. The zero-order chi connectivity index (χ0) is 27.2. The van der Waals surface area contributed by atoms with Gasteiger partial charge in [0.15, 0.2) is 17.5 Å². The molecule has 14 heteroatoms. The maximum absolute atomic E-state index is 13.2. The molecule has 3 N–H and O–H groups in total. The molecule has 2 aromatic heterocycles. The minimum atomic E-state index is -4.97. The fourth-order valence-corrected chi connectivity index (χ4v) is 4.04. The number of nitrogens with zero attached hydrogens (tertiary/aromatic N) is 6. The molecule has 0 unspecified atom stereocenters. The van der Waals surface area contributed by atoms with E-state index in [0.29, 0.717) is 18.7 Å². The first-order chi connectivity index (χ1) is 18.0. The molecule has 11 nitrogen and oxygen atoms in total. The highest BCUT2D eigenvalue weighted by atomic mass is 19.4. The Hall–Kier alpha value is -4.54. The topological polar surface area (TPSA) is 162 Å². The zero-order valence-corrected chi connectivity index (χ0v) is 20.0. The van der Waals surface area contributed by atoms with Gasteiger partial charge in [0.2, 0.25) is 0 Å². The molecular weight excluding hydrogens is 505 g/mol. The van der Waals surface area contributed by atoms with E-state index in [4.69, 9.17) is 5.73 Å². The van der Waals surface area contributed by atoms with E-state index in [1.165, 1.54) is 16.8 Å². The van der Waals surface area contributed by atoms with Gasteiger partial charge in [-0.15, -0.1) is 18.3 Å². The molecule has 0 bridgehead atoms. The number of nitrogens with one attached hydrogen (secondary N) is 1. The summed E-state index contributed by atoms with van der Waals surface area (Å²) >= 11 is 0. The number of primary amides is 1. The molecule has 1 atom stereocenters. The van der Waals surface area contributed by atoms with Crippen LogP contribution in [0.4, 0.5) is 13.2 Å². The van der Waals surface area contributed by atoms with E-state index in [-0.39, 0.29) is 34.4 Å². The number of hydrogen-bond donors (Lipinski definition) is 2. The Bertz CT molecular complexity index is 1470. The van der Waals surface area contributed by atoms with Crippen LogP contribution in [-0.2, 0) is 5.41 Å². The summed E-state index contributed by atoms with van der Waals surface area (Å²) in [7, 11) is 0. The van der Waals surface area contributed by atoms with Crippen molar-refractivity contribution < 1.29 is 27.5 Å². The number of nitrogens with two attached hydrogens (primary N) is 1. The Balaban J connectivity index is 1.46. The number of alkyl halides is 3. The predicted octanol–water partition coefficient (Wildman–Crippen LogP) is 2.98. The summed E-state index contributed by atoms with van der Waals surface area (Å²) in [5.41, 5.74) is 4.51. The minimum absolute atomic E-state index is 0.0402. The number of benzene rings is 1. The van der Waals surface area contributed by atoms with E-state index >= 15 is 0 Å².